The van der Waals surface area contributed by atoms with Crippen molar-refractivity contribution in [2.45, 2.75) is 22.1 Å². The molecule has 0 unspecified atom stereocenters. The number of nitrogens with one attached hydrogen (secondary N) is 1. The van der Waals surface area contributed by atoms with Crippen LogP contribution in [0.25, 0.3) is 6.08 Å². The normalized spacial score (nSPS) is 12.2. The van der Waals surface area contributed by atoms with Gasteiger partial charge in [0.25, 0.3) is 5.91 Å². The second-order valence-electron chi connectivity index (χ2n) is 5.99. The molecule has 1 atom stereocenters. The Morgan fingerprint density at radius 1 is 1.14 bits per heavy atom. The number of thiophene rings is 1. The van der Waals surface area contributed by atoms with Crippen molar-refractivity contribution in [3.63, 3.8) is 0 Å². The first-order chi connectivity index (χ1) is 13.5. The number of carbonyl (C=O) groups excluding carboxylic acids is 1. The highest BCUT2D eigenvalue weighted by Crippen LogP contribution is 2.34. The fraction of sp³-hybridized carbons (Fsp3) is 0.0909. The second-order valence-corrected chi connectivity index (χ2v) is 8.91. The van der Waals surface area contributed by atoms with E-state index in [9.17, 15) is 10.1 Å². The second kappa shape index (κ2) is 9.61. The summed E-state index contributed by atoms with van der Waals surface area (Å²) < 4.78 is 1.07. The number of nitrogens with zero attached hydrogens (tertiary/aromatic N) is 1. The van der Waals surface area contributed by atoms with E-state index in [0.29, 0.717) is 5.02 Å². The van der Waals surface area contributed by atoms with E-state index in [0.717, 1.165) is 19.5 Å². The van der Waals surface area contributed by atoms with Crippen LogP contribution in [0.3, 0.4) is 0 Å². The third-order valence-corrected chi connectivity index (χ3v) is 6.36. The van der Waals surface area contributed by atoms with Crippen LogP contribution in [-0.2, 0) is 4.79 Å². The van der Waals surface area contributed by atoms with Crippen molar-refractivity contribution in [3.05, 3.63) is 87.8 Å². The van der Waals surface area contributed by atoms with Gasteiger partial charge < -0.3 is 5.32 Å². The highest BCUT2D eigenvalue weighted by molar-refractivity contribution is 8.01. The first-order valence-electron chi connectivity index (χ1n) is 8.56. The topological polar surface area (TPSA) is 52.9 Å². The molecule has 1 heterocycles. The van der Waals surface area contributed by atoms with E-state index >= 15 is 0 Å². The number of hydrogen-bond donors (Lipinski definition) is 1. The van der Waals surface area contributed by atoms with Crippen LogP contribution in [0.15, 0.2) is 81.4 Å². The summed E-state index contributed by atoms with van der Waals surface area (Å²) in [4.78, 5) is 14.4. The number of amides is 1. The van der Waals surface area contributed by atoms with Gasteiger partial charge in [0.15, 0.2) is 0 Å². The third kappa shape index (κ3) is 5.49. The zero-order chi connectivity index (χ0) is 19.9. The predicted molar refractivity (Wildman–Crippen MR) is 116 cm³/mol. The molecule has 3 nitrogen and oxygen atoms in total. The monoisotopic (exact) mass is 424 g/mol. The average molecular weight is 425 g/mol. The summed E-state index contributed by atoms with van der Waals surface area (Å²) in [5.41, 5.74) is 1.08. The van der Waals surface area contributed by atoms with Crippen molar-refractivity contribution in [3.8, 4) is 6.07 Å². The number of nitriles is 1. The fourth-order valence-electron chi connectivity index (χ4n) is 2.48. The van der Waals surface area contributed by atoms with E-state index in [2.05, 4.69) is 5.32 Å². The average Bonchev–Trinajstić information content (AvgIpc) is 3.15. The van der Waals surface area contributed by atoms with Gasteiger partial charge in [-0.05, 0) is 55.0 Å². The number of carbonyl (C=O) groups is 1. The van der Waals surface area contributed by atoms with Crippen LogP contribution in [0.2, 0.25) is 5.02 Å². The molecule has 0 bridgehead atoms. The number of halogens is 1. The van der Waals surface area contributed by atoms with Crippen molar-refractivity contribution in [1.82, 2.24) is 5.32 Å². The zero-order valence-electron chi connectivity index (χ0n) is 15.1. The summed E-state index contributed by atoms with van der Waals surface area (Å²) in [6.45, 7) is 1.90. The minimum Gasteiger partial charge on any atom is -0.345 e. The summed E-state index contributed by atoms with van der Waals surface area (Å²) in [5.74, 6) is -0.376. The minimum absolute atomic E-state index is 0.0904. The van der Waals surface area contributed by atoms with E-state index in [1.807, 2.05) is 79.7 Å². The van der Waals surface area contributed by atoms with Crippen LogP contribution in [0.4, 0.5) is 0 Å². The fourth-order valence-corrected chi connectivity index (χ4v) is 4.67. The first-order valence-corrected chi connectivity index (χ1v) is 10.6. The van der Waals surface area contributed by atoms with Gasteiger partial charge in [0, 0.05) is 14.8 Å². The Kier molecular flexibility index (Phi) is 6.94. The van der Waals surface area contributed by atoms with Crippen LogP contribution >= 0.6 is 34.7 Å². The smallest absolute Gasteiger partial charge is 0.262 e. The summed E-state index contributed by atoms with van der Waals surface area (Å²) in [7, 11) is 0. The summed E-state index contributed by atoms with van der Waals surface area (Å²) in [6.07, 6.45) is 1.63. The maximum Gasteiger partial charge on any atom is 0.262 e. The zero-order valence-corrected chi connectivity index (χ0v) is 17.4. The summed E-state index contributed by atoms with van der Waals surface area (Å²) in [5, 5.41) is 13.0. The molecule has 3 aromatic rings. The molecule has 28 heavy (non-hydrogen) atoms. The minimum atomic E-state index is -0.376. The van der Waals surface area contributed by atoms with Gasteiger partial charge in [-0.3, -0.25) is 4.79 Å². The SMILES string of the molecule is C[C@@H](NC(=O)/C(C#N)=C\c1ccc(Sc2ccc(Cl)cc2)s1)c1ccccc1. The third-order valence-electron chi connectivity index (χ3n) is 3.93. The van der Waals surface area contributed by atoms with Crippen molar-refractivity contribution >= 4 is 46.7 Å². The Bertz CT molecular complexity index is 1020. The van der Waals surface area contributed by atoms with Crippen LogP contribution in [-0.4, -0.2) is 5.91 Å². The molecule has 0 fully saturated rings. The van der Waals surface area contributed by atoms with Gasteiger partial charge >= 0.3 is 0 Å². The van der Waals surface area contributed by atoms with E-state index in [-0.39, 0.29) is 17.5 Å². The Hall–Kier alpha value is -2.52. The van der Waals surface area contributed by atoms with Crippen molar-refractivity contribution in [1.29, 1.82) is 5.26 Å². The van der Waals surface area contributed by atoms with Gasteiger partial charge in [-0.25, -0.2) is 0 Å². The van der Waals surface area contributed by atoms with E-state index in [4.69, 9.17) is 11.6 Å². The molecule has 1 aromatic heterocycles. The van der Waals surface area contributed by atoms with Crippen LogP contribution < -0.4 is 5.32 Å². The Morgan fingerprint density at radius 2 is 1.86 bits per heavy atom. The van der Waals surface area contributed by atoms with E-state index in [1.165, 1.54) is 11.3 Å². The molecule has 3 rings (SSSR count). The molecule has 2 aromatic carbocycles. The largest absolute Gasteiger partial charge is 0.345 e. The summed E-state index contributed by atoms with van der Waals surface area (Å²) >= 11 is 9.06. The number of benzene rings is 2. The lowest BCUT2D eigenvalue weighted by molar-refractivity contribution is -0.117. The molecule has 0 aliphatic rings. The van der Waals surface area contributed by atoms with E-state index < -0.39 is 0 Å². The Labute approximate surface area is 177 Å². The van der Waals surface area contributed by atoms with Crippen LogP contribution in [0.5, 0.6) is 0 Å². The number of hydrogen-bond acceptors (Lipinski definition) is 4. The highest BCUT2D eigenvalue weighted by atomic mass is 35.5. The maximum absolute atomic E-state index is 12.5. The summed E-state index contributed by atoms with van der Waals surface area (Å²) in [6, 6.07) is 23.0. The van der Waals surface area contributed by atoms with Crippen LogP contribution in [0, 0.1) is 11.3 Å². The van der Waals surface area contributed by atoms with E-state index in [1.54, 1.807) is 17.8 Å². The van der Waals surface area contributed by atoms with Crippen molar-refractivity contribution in [2.24, 2.45) is 0 Å². The quantitative estimate of drug-likeness (QED) is 0.371. The molecule has 0 saturated heterocycles. The van der Waals surface area contributed by atoms with Crippen molar-refractivity contribution in [2.75, 3.05) is 0 Å². The number of rotatable bonds is 6. The van der Waals surface area contributed by atoms with Gasteiger partial charge in [-0.1, -0.05) is 53.7 Å². The molecular weight excluding hydrogens is 408 g/mol. The van der Waals surface area contributed by atoms with Gasteiger partial charge in [0.2, 0.25) is 0 Å². The molecule has 1 amide bonds. The molecule has 6 heteroatoms. The lowest BCUT2D eigenvalue weighted by Crippen LogP contribution is -2.27. The Balaban J connectivity index is 1.68. The molecule has 0 aliphatic carbocycles. The maximum atomic E-state index is 12.5. The molecule has 140 valence electrons. The van der Waals surface area contributed by atoms with Crippen LogP contribution in [0.1, 0.15) is 23.4 Å². The molecule has 0 saturated carbocycles. The molecule has 1 N–H and O–H groups in total. The molecule has 0 aliphatic heterocycles. The highest BCUT2D eigenvalue weighted by Gasteiger charge is 2.14. The van der Waals surface area contributed by atoms with Gasteiger partial charge in [-0.15, -0.1) is 11.3 Å². The van der Waals surface area contributed by atoms with Gasteiger partial charge in [-0.2, -0.15) is 5.26 Å². The van der Waals surface area contributed by atoms with Crippen molar-refractivity contribution < 1.29 is 4.79 Å². The Morgan fingerprint density at radius 3 is 2.54 bits per heavy atom. The molecule has 0 spiro atoms. The standard InChI is InChI=1S/C22H17ClN2OS2/c1-15(16-5-3-2-4-6-16)25-22(26)17(14-24)13-20-11-12-21(28-20)27-19-9-7-18(23)8-10-19/h2-13,15H,1H3,(H,25,26)/b17-13-/t15-/m1/s1. The first kappa shape index (κ1) is 20.2. The molecular formula is C22H17ClN2OS2. The van der Waals surface area contributed by atoms with Gasteiger partial charge in [0.05, 0.1) is 10.3 Å². The predicted octanol–water partition coefficient (Wildman–Crippen LogP) is 6.34. The lowest BCUT2D eigenvalue weighted by atomic mass is 10.1. The molecule has 0 radical (unpaired) electrons. The lowest BCUT2D eigenvalue weighted by Gasteiger charge is -2.13. The van der Waals surface area contributed by atoms with Gasteiger partial charge in [0.1, 0.15) is 11.6 Å².